The molecule has 5 nitrogen and oxygen atoms in total. The fourth-order valence-corrected chi connectivity index (χ4v) is 1.84. The number of aromatic nitrogens is 2. The molecule has 0 spiro atoms. The smallest absolute Gasteiger partial charge is 0.360 e. The van der Waals surface area contributed by atoms with Gasteiger partial charge in [-0.15, -0.1) is 0 Å². The number of carbonyl (C=O) groups is 1. The van der Waals surface area contributed by atoms with Crippen molar-refractivity contribution in [3.63, 3.8) is 0 Å². The molecule has 0 saturated heterocycles. The Hall–Kier alpha value is -2.43. The van der Waals surface area contributed by atoms with Gasteiger partial charge in [-0.2, -0.15) is 0 Å². The number of carboxylic acids is 1. The van der Waals surface area contributed by atoms with Crippen LogP contribution in [0.2, 0.25) is 0 Å². The lowest BCUT2D eigenvalue weighted by Gasteiger charge is -2.23. The van der Waals surface area contributed by atoms with E-state index in [1.54, 1.807) is 0 Å². The van der Waals surface area contributed by atoms with Gasteiger partial charge in [0.15, 0.2) is 0 Å². The van der Waals surface area contributed by atoms with Gasteiger partial charge < -0.3 is 9.84 Å². The Morgan fingerprint density at radius 2 is 1.81 bits per heavy atom. The van der Waals surface area contributed by atoms with Crippen molar-refractivity contribution < 1.29 is 14.6 Å². The van der Waals surface area contributed by atoms with Crippen LogP contribution in [-0.2, 0) is 5.41 Å². The van der Waals surface area contributed by atoms with Crippen molar-refractivity contribution in [3.8, 4) is 11.6 Å². The molecule has 0 bridgehead atoms. The second kappa shape index (κ2) is 5.91. The zero-order valence-corrected chi connectivity index (χ0v) is 12.3. The van der Waals surface area contributed by atoms with Gasteiger partial charge in [-0.05, 0) is 29.5 Å². The van der Waals surface area contributed by atoms with Crippen molar-refractivity contribution >= 4 is 5.97 Å². The molecular weight excluding hydrogens is 268 g/mol. The second-order valence-corrected chi connectivity index (χ2v) is 5.38. The Kier molecular flexibility index (Phi) is 4.21. The van der Waals surface area contributed by atoms with Crippen molar-refractivity contribution in [1.82, 2.24) is 9.97 Å². The monoisotopic (exact) mass is 286 g/mol. The van der Waals surface area contributed by atoms with Crippen LogP contribution in [0.25, 0.3) is 0 Å². The zero-order valence-electron chi connectivity index (χ0n) is 12.3. The van der Waals surface area contributed by atoms with Crippen LogP contribution in [-0.4, -0.2) is 21.0 Å². The topological polar surface area (TPSA) is 72.3 Å². The molecule has 0 atom stereocenters. The van der Waals surface area contributed by atoms with Gasteiger partial charge in [0.05, 0.1) is 0 Å². The largest absolute Gasteiger partial charge is 0.476 e. The summed E-state index contributed by atoms with van der Waals surface area (Å²) in [6.07, 6.45) is 3.75. The molecule has 0 radical (unpaired) electrons. The zero-order chi connectivity index (χ0) is 15.5. The minimum absolute atomic E-state index is 0.00694. The van der Waals surface area contributed by atoms with Crippen LogP contribution >= 0.6 is 0 Å². The minimum Gasteiger partial charge on any atom is -0.476 e. The molecule has 0 saturated carbocycles. The van der Waals surface area contributed by atoms with E-state index in [2.05, 4.69) is 30.7 Å². The number of hydrogen-bond donors (Lipinski definition) is 1. The second-order valence-electron chi connectivity index (χ2n) is 5.38. The van der Waals surface area contributed by atoms with Gasteiger partial charge in [-0.1, -0.05) is 32.9 Å². The highest BCUT2D eigenvalue weighted by Crippen LogP contribution is 2.29. The van der Waals surface area contributed by atoms with E-state index in [0.29, 0.717) is 5.75 Å². The molecule has 2 aromatic rings. The Bertz CT molecular complexity index is 636. The van der Waals surface area contributed by atoms with Gasteiger partial charge in [0, 0.05) is 12.4 Å². The van der Waals surface area contributed by atoms with Gasteiger partial charge >= 0.3 is 5.97 Å². The third-order valence-corrected chi connectivity index (χ3v) is 3.60. The number of ether oxygens (including phenoxy) is 1. The number of hydrogen-bond acceptors (Lipinski definition) is 4. The van der Waals surface area contributed by atoms with Crippen LogP contribution in [0.3, 0.4) is 0 Å². The molecule has 0 unspecified atom stereocenters. The molecule has 0 aliphatic heterocycles. The first-order chi connectivity index (χ1) is 9.94. The summed E-state index contributed by atoms with van der Waals surface area (Å²) in [4.78, 5) is 18.7. The average molecular weight is 286 g/mol. The first-order valence-corrected chi connectivity index (χ1v) is 6.76. The molecule has 1 aromatic carbocycles. The van der Waals surface area contributed by atoms with E-state index < -0.39 is 5.97 Å². The summed E-state index contributed by atoms with van der Waals surface area (Å²) in [5.41, 5.74) is 1.10. The average Bonchev–Trinajstić information content (AvgIpc) is 2.48. The van der Waals surface area contributed by atoms with Gasteiger partial charge in [-0.3, -0.25) is 0 Å². The van der Waals surface area contributed by atoms with Crippen LogP contribution in [0.4, 0.5) is 0 Å². The summed E-state index contributed by atoms with van der Waals surface area (Å²) < 4.78 is 5.52. The molecule has 1 heterocycles. The minimum atomic E-state index is -1.16. The van der Waals surface area contributed by atoms with Crippen molar-refractivity contribution in [2.45, 2.75) is 32.6 Å². The highest BCUT2D eigenvalue weighted by molar-refractivity contribution is 5.87. The molecule has 0 fully saturated rings. The number of benzene rings is 1. The van der Waals surface area contributed by atoms with Crippen LogP contribution in [0, 0.1) is 0 Å². The molecule has 1 aromatic heterocycles. The SMILES string of the molecule is CCC(C)(C)c1ccc(Oc2nccnc2C(=O)O)cc1. The first kappa shape index (κ1) is 15.0. The summed E-state index contributed by atoms with van der Waals surface area (Å²) in [7, 11) is 0. The van der Waals surface area contributed by atoms with E-state index >= 15 is 0 Å². The Morgan fingerprint density at radius 1 is 1.19 bits per heavy atom. The van der Waals surface area contributed by atoms with Gasteiger partial charge in [0.2, 0.25) is 5.69 Å². The number of aromatic carboxylic acids is 1. The molecule has 110 valence electrons. The normalized spacial score (nSPS) is 11.2. The molecule has 21 heavy (non-hydrogen) atoms. The lowest BCUT2D eigenvalue weighted by molar-refractivity contribution is 0.0686. The third-order valence-electron chi connectivity index (χ3n) is 3.60. The summed E-state index contributed by atoms with van der Waals surface area (Å²) in [6, 6.07) is 7.59. The molecule has 0 amide bonds. The van der Waals surface area contributed by atoms with Gasteiger partial charge in [0.25, 0.3) is 5.88 Å². The lowest BCUT2D eigenvalue weighted by atomic mass is 9.82. The maximum Gasteiger partial charge on any atom is 0.360 e. The standard InChI is InChI=1S/C16H18N2O3/c1-4-16(2,3)11-5-7-12(8-6-11)21-14-13(15(19)20)17-9-10-18-14/h5-10H,4H2,1-3H3,(H,19,20). The van der Waals surface area contributed by atoms with Crippen molar-refractivity contribution in [2.75, 3.05) is 0 Å². The van der Waals surface area contributed by atoms with E-state index in [-0.39, 0.29) is 17.0 Å². The van der Waals surface area contributed by atoms with Crippen LogP contribution in [0.5, 0.6) is 11.6 Å². The fourth-order valence-electron chi connectivity index (χ4n) is 1.84. The molecule has 5 heteroatoms. The quantitative estimate of drug-likeness (QED) is 0.908. The summed E-state index contributed by atoms with van der Waals surface area (Å²) in [5.74, 6) is -0.636. The number of carboxylic acid groups (broad SMARTS) is 1. The Balaban J connectivity index is 2.24. The molecular formula is C16H18N2O3. The first-order valence-electron chi connectivity index (χ1n) is 6.76. The molecule has 2 rings (SSSR count). The maximum absolute atomic E-state index is 11.1. The van der Waals surface area contributed by atoms with E-state index in [4.69, 9.17) is 9.84 Å². The van der Waals surface area contributed by atoms with Crippen molar-refractivity contribution in [3.05, 3.63) is 47.9 Å². The van der Waals surface area contributed by atoms with Gasteiger partial charge in [0.1, 0.15) is 5.75 Å². The summed E-state index contributed by atoms with van der Waals surface area (Å²) in [5, 5.41) is 9.04. The van der Waals surface area contributed by atoms with Crippen LogP contribution in [0.15, 0.2) is 36.7 Å². The van der Waals surface area contributed by atoms with E-state index in [1.807, 2.05) is 24.3 Å². The molecule has 0 aliphatic rings. The van der Waals surface area contributed by atoms with E-state index in [0.717, 1.165) is 6.42 Å². The maximum atomic E-state index is 11.1. The highest BCUT2D eigenvalue weighted by Gasteiger charge is 2.18. The Labute approximate surface area is 123 Å². The summed E-state index contributed by atoms with van der Waals surface area (Å²) in [6.45, 7) is 6.49. The Morgan fingerprint density at radius 3 is 2.38 bits per heavy atom. The predicted octanol–water partition coefficient (Wildman–Crippen LogP) is 3.65. The van der Waals surface area contributed by atoms with Crippen molar-refractivity contribution in [2.24, 2.45) is 0 Å². The van der Waals surface area contributed by atoms with Crippen LogP contribution in [0.1, 0.15) is 43.2 Å². The van der Waals surface area contributed by atoms with E-state index in [1.165, 1.54) is 18.0 Å². The number of rotatable bonds is 5. The molecule has 0 aliphatic carbocycles. The van der Waals surface area contributed by atoms with Gasteiger partial charge in [-0.25, -0.2) is 14.8 Å². The fraction of sp³-hybridized carbons (Fsp3) is 0.312. The predicted molar refractivity (Wildman–Crippen MR) is 78.8 cm³/mol. The number of nitrogens with zero attached hydrogens (tertiary/aromatic N) is 2. The third kappa shape index (κ3) is 3.37. The lowest BCUT2D eigenvalue weighted by Crippen LogP contribution is -2.15. The molecule has 1 N–H and O–H groups in total. The summed E-state index contributed by atoms with van der Waals surface area (Å²) >= 11 is 0. The van der Waals surface area contributed by atoms with Crippen LogP contribution < -0.4 is 4.74 Å². The highest BCUT2D eigenvalue weighted by atomic mass is 16.5. The van der Waals surface area contributed by atoms with Crippen molar-refractivity contribution in [1.29, 1.82) is 0 Å². The van der Waals surface area contributed by atoms with E-state index in [9.17, 15) is 4.79 Å².